The molecule has 0 spiro atoms. The van der Waals surface area contributed by atoms with Gasteiger partial charge in [0.15, 0.2) is 9.84 Å². The van der Waals surface area contributed by atoms with Crippen LogP contribution in [0.1, 0.15) is 158 Å². The molecule has 4 aliphatic carbocycles. The lowest BCUT2D eigenvalue weighted by molar-refractivity contribution is -0.145. The Bertz CT molecular complexity index is 1520. The molecule has 1 unspecified atom stereocenters. The zero-order valence-electron chi connectivity index (χ0n) is 34.1. The highest BCUT2D eigenvalue weighted by molar-refractivity contribution is 7.92. The van der Waals surface area contributed by atoms with Crippen molar-refractivity contribution in [1.29, 1.82) is 0 Å². The van der Waals surface area contributed by atoms with Crippen molar-refractivity contribution < 1.29 is 32.4 Å². The van der Waals surface area contributed by atoms with Crippen molar-refractivity contribution in [1.82, 2.24) is 26.2 Å². The first-order chi connectivity index (χ1) is 25.2. The summed E-state index contributed by atoms with van der Waals surface area (Å²) in [4.78, 5) is 71.9. The van der Waals surface area contributed by atoms with E-state index in [2.05, 4.69) is 35.1 Å². The summed E-state index contributed by atoms with van der Waals surface area (Å²) in [6, 6.07) is -3.34. The number of unbranched alkanes of at least 4 members (excludes halogenated alkanes) is 1. The van der Waals surface area contributed by atoms with Gasteiger partial charge < -0.3 is 26.2 Å². The molecule has 1 aliphatic heterocycles. The van der Waals surface area contributed by atoms with Gasteiger partial charge in [0.25, 0.3) is 5.91 Å². The van der Waals surface area contributed by atoms with E-state index < -0.39 is 67.3 Å². The Labute approximate surface area is 324 Å². The fourth-order valence-electron chi connectivity index (χ4n) is 9.83. The molecule has 5 atom stereocenters. The predicted octanol–water partition coefficient (Wildman–Crippen LogP) is 5.33. The molecule has 5 fully saturated rings. The second-order valence-electron chi connectivity index (χ2n) is 19.5. The van der Waals surface area contributed by atoms with Gasteiger partial charge in [0.2, 0.25) is 17.6 Å². The Morgan fingerprint density at radius 2 is 1.44 bits per heavy atom. The van der Waals surface area contributed by atoms with Gasteiger partial charge in [0.1, 0.15) is 12.1 Å². The Morgan fingerprint density at radius 1 is 0.833 bits per heavy atom. The summed E-state index contributed by atoms with van der Waals surface area (Å²) >= 11 is 0. The highest BCUT2D eigenvalue weighted by Gasteiger charge is 2.58. The molecule has 0 aromatic rings. The summed E-state index contributed by atoms with van der Waals surface area (Å²) in [5.41, 5.74) is -1.65. The highest BCUT2D eigenvalue weighted by Crippen LogP contribution is 2.53. The number of fused-ring (bicyclic) bond motifs is 1. The van der Waals surface area contributed by atoms with Crippen LogP contribution in [0.2, 0.25) is 0 Å². The number of ketones is 1. The number of sulfone groups is 1. The molecule has 0 radical (unpaired) electrons. The number of rotatable bonds is 14. The maximum absolute atomic E-state index is 15.2. The molecule has 0 aromatic carbocycles. The van der Waals surface area contributed by atoms with E-state index in [0.29, 0.717) is 32.2 Å². The molecular weight excluding hydrogens is 707 g/mol. The molecule has 1 heterocycles. The lowest BCUT2D eigenvalue weighted by Crippen LogP contribution is -2.64. The van der Waals surface area contributed by atoms with E-state index in [1.807, 2.05) is 13.8 Å². The lowest BCUT2D eigenvalue weighted by Gasteiger charge is -2.44. The first-order valence-corrected chi connectivity index (χ1v) is 22.6. The third-order valence-corrected chi connectivity index (χ3v) is 16.5. The van der Waals surface area contributed by atoms with Crippen LogP contribution in [0.4, 0.5) is 4.79 Å². The first kappa shape index (κ1) is 42.4. The van der Waals surface area contributed by atoms with E-state index in [1.54, 1.807) is 25.7 Å². The molecule has 0 aromatic heterocycles. The fourth-order valence-corrected chi connectivity index (χ4v) is 11.4. The first-order valence-electron chi connectivity index (χ1n) is 21.0. The predicted molar refractivity (Wildman–Crippen MR) is 209 cm³/mol. The number of nitrogens with zero attached hydrogens (tertiary/aromatic N) is 1. The van der Waals surface area contributed by atoms with Crippen molar-refractivity contribution in [2.24, 2.45) is 22.7 Å². The molecule has 306 valence electrons. The van der Waals surface area contributed by atoms with Gasteiger partial charge in [-0.3, -0.25) is 19.2 Å². The van der Waals surface area contributed by atoms with E-state index in [9.17, 15) is 27.6 Å². The van der Waals surface area contributed by atoms with Gasteiger partial charge in [-0.2, -0.15) is 0 Å². The van der Waals surface area contributed by atoms with E-state index in [4.69, 9.17) is 0 Å². The number of carbonyl (C=O) groups excluding carboxylic acids is 5. The van der Waals surface area contributed by atoms with Crippen molar-refractivity contribution in [3.8, 4) is 0 Å². The topological polar surface area (TPSA) is 171 Å². The Morgan fingerprint density at radius 3 is 2.02 bits per heavy atom. The molecule has 4 saturated carbocycles. The standard InChI is InChI=1S/C41H69N5O7S/c1-8-9-16-30(32(47)35(49)42-27-17-18-27)43-34(48)31-28-19-24-39(5,6)29(28)25-46(31)36(50)33(40(7)20-12-10-13-21-40)44-37(51)45-41(22-14-11-15-23-41)26-54(52,53)38(2,3)4/h27-31,33H,8-26H2,1-7H3,(H,42,49)(H,43,48)(H2,44,45,51)/t28-,29-,30?,31-,33+/m0/s1. The average molecular weight is 776 g/mol. The summed E-state index contributed by atoms with van der Waals surface area (Å²) in [7, 11) is -3.57. The van der Waals surface area contributed by atoms with E-state index in [-0.39, 0.29) is 35.0 Å². The van der Waals surface area contributed by atoms with Crippen molar-refractivity contribution in [3.05, 3.63) is 0 Å². The number of amides is 5. The molecule has 13 heteroatoms. The third-order valence-electron chi connectivity index (χ3n) is 13.7. The normalized spacial score (nSPS) is 27.2. The van der Waals surface area contributed by atoms with Crippen LogP contribution in [0.5, 0.6) is 0 Å². The Hall–Kier alpha value is -2.70. The smallest absolute Gasteiger partial charge is 0.315 e. The second-order valence-corrected chi connectivity index (χ2v) is 22.2. The third kappa shape index (κ3) is 9.45. The zero-order valence-corrected chi connectivity index (χ0v) is 34.9. The van der Waals surface area contributed by atoms with Gasteiger partial charge >= 0.3 is 6.03 Å². The number of urea groups is 1. The van der Waals surface area contributed by atoms with Crippen LogP contribution in [0.3, 0.4) is 0 Å². The fraction of sp³-hybridized carbons (Fsp3) is 0.878. The van der Waals surface area contributed by atoms with E-state index >= 15 is 4.79 Å². The number of Topliss-reactive ketones (excluding diaryl/α,β-unsaturated/α-hetero) is 1. The molecule has 12 nitrogen and oxygen atoms in total. The Kier molecular flexibility index (Phi) is 12.9. The van der Waals surface area contributed by atoms with Crippen LogP contribution >= 0.6 is 0 Å². The van der Waals surface area contributed by atoms with Crippen LogP contribution in [0, 0.1) is 22.7 Å². The summed E-state index contributed by atoms with van der Waals surface area (Å²) in [5.74, 6) is -2.33. The SMILES string of the molecule is CCCCC(NC(=O)[C@@H]1[C@H]2CCC(C)(C)[C@H]2CN1C(=O)[C@@H](NC(=O)NC1(CS(=O)(=O)C(C)(C)C)CCCCC1)C1(C)CCCCC1)C(=O)C(=O)NC1CC1. The number of hydrogen-bond donors (Lipinski definition) is 4. The summed E-state index contributed by atoms with van der Waals surface area (Å²) in [6.07, 6.45) is 13.0. The molecule has 5 rings (SSSR count). The summed E-state index contributed by atoms with van der Waals surface area (Å²) < 4.78 is 26.0. The largest absolute Gasteiger partial charge is 0.347 e. The molecule has 0 bridgehead atoms. The number of likely N-dealkylation sites (tertiary alicyclic amines) is 1. The monoisotopic (exact) mass is 775 g/mol. The van der Waals surface area contributed by atoms with E-state index in [1.165, 1.54) is 0 Å². The molecule has 4 N–H and O–H groups in total. The quantitative estimate of drug-likeness (QED) is 0.173. The molecule has 5 aliphatic rings. The molecule has 5 amide bonds. The zero-order chi connectivity index (χ0) is 39.7. The van der Waals surface area contributed by atoms with Crippen LogP contribution < -0.4 is 21.3 Å². The minimum atomic E-state index is -3.57. The minimum absolute atomic E-state index is 0.00655. The maximum atomic E-state index is 15.2. The molecule has 54 heavy (non-hydrogen) atoms. The van der Waals surface area contributed by atoms with Crippen molar-refractivity contribution in [3.63, 3.8) is 0 Å². The highest BCUT2D eigenvalue weighted by atomic mass is 32.2. The molecular formula is C41H69N5O7S. The van der Waals surface area contributed by atoms with E-state index in [0.717, 1.165) is 83.5 Å². The average Bonchev–Trinajstić information content (AvgIpc) is 3.74. The molecule has 1 saturated heterocycles. The summed E-state index contributed by atoms with van der Waals surface area (Å²) in [5, 5.41) is 11.9. The van der Waals surface area contributed by atoms with Crippen LogP contribution in [0.25, 0.3) is 0 Å². The van der Waals surface area contributed by atoms with Gasteiger partial charge in [0.05, 0.1) is 22.1 Å². The van der Waals surface area contributed by atoms with Gasteiger partial charge in [-0.25, -0.2) is 13.2 Å². The second kappa shape index (κ2) is 16.4. The van der Waals surface area contributed by atoms with Crippen molar-refractivity contribution in [2.45, 2.75) is 192 Å². The van der Waals surface area contributed by atoms with Crippen LogP contribution in [-0.4, -0.2) is 89.6 Å². The lowest BCUT2D eigenvalue weighted by atomic mass is 9.70. The van der Waals surface area contributed by atoms with Gasteiger partial charge in [-0.15, -0.1) is 0 Å². The van der Waals surface area contributed by atoms with Crippen molar-refractivity contribution >= 4 is 39.4 Å². The van der Waals surface area contributed by atoms with Gasteiger partial charge in [-0.1, -0.05) is 79.1 Å². The summed E-state index contributed by atoms with van der Waals surface area (Å²) in [6.45, 7) is 13.8. The Balaban J connectivity index is 1.43. The number of hydrogen-bond acceptors (Lipinski definition) is 7. The maximum Gasteiger partial charge on any atom is 0.315 e. The minimum Gasteiger partial charge on any atom is -0.347 e. The number of carbonyl (C=O) groups is 5. The van der Waals surface area contributed by atoms with Crippen molar-refractivity contribution in [2.75, 3.05) is 12.3 Å². The number of nitrogens with one attached hydrogen (secondary N) is 4. The van der Waals surface area contributed by atoms with Gasteiger partial charge in [0, 0.05) is 12.6 Å². The van der Waals surface area contributed by atoms with Gasteiger partial charge in [-0.05, 0) is 101 Å². The van der Waals surface area contributed by atoms with Crippen LogP contribution in [-0.2, 0) is 29.0 Å². The van der Waals surface area contributed by atoms with Crippen LogP contribution in [0.15, 0.2) is 0 Å².